The molecule has 0 aliphatic carbocycles. The Balaban J connectivity index is 4.32. The summed E-state index contributed by atoms with van der Waals surface area (Å²) in [6, 6.07) is -1.44. The maximum atomic E-state index is 11.7. The van der Waals surface area contributed by atoms with Gasteiger partial charge in [0.25, 0.3) is 0 Å². The summed E-state index contributed by atoms with van der Waals surface area (Å²) < 4.78 is 5.01. The molecule has 106 valence electrons. The standard InChI is InChI=1S/C12H24N2O4/c1-5-6-9(11(15)16)13-12(17)14-10(7-18-4)8(2)3/h8-10H,5-7H2,1-4H3,(H,15,16)(H2,13,14,17)/t9-,10?/m0/s1. The number of carboxylic acid groups (broad SMARTS) is 1. The molecule has 0 spiro atoms. The van der Waals surface area contributed by atoms with Crippen LogP contribution in [0.5, 0.6) is 0 Å². The van der Waals surface area contributed by atoms with Crippen LogP contribution in [-0.4, -0.2) is 42.9 Å². The zero-order valence-corrected chi connectivity index (χ0v) is 11.5. The number of carboxylic acids is 1. The van der Waals surface area contributed by atoms with Crippen LogP contribution >= 0.6 is 0 Å². The van der Waals surface area contributed by atoms with Gasteiger partial charge in [-0.05, 0) is 12.3 Å². The second-order valence-corrected chi connectivity index (χ2v) is 4.60. The Hall–Kier alpha value is -1.30. The maximum Gasteiger partial charge on any atom is 0.326 e. The van der Waals surface area contributed by atoms with Crippen LogP contribution in [0, 0.1) is 5.92 Å². The molecule has 0 aromatic carbocycles. The van der Waals surface area contributed by atoms with Crippen molar-refractivity contribution in [2.45, 2.75) is 45.7 Å². The van der Waals surface area contributed by atoms with E-state index < -0.39 is 18.0 Å². The molecule has 0 radical (unpaired) electrons. The SMILES string of the molecule is CCC[C@H](NC(=O)NC(COC)C(C)C)C(=O)O. The first-order valence-electron chi connectivity index (χ1n) is 6.21. The molecule has 6 heteroatoms. The fraction of sp³-hybridized carbons (Fsp3) is 0.833. The van der Waals surface area contributed by atoms with Crippen molar-refractivity contribution in [1.82, 2.24) is 10.6 Å². The molecule has 1 unspecified atom stereocenters. The van der Waals surface area contributed by atoms with Gasteiger partial charge in [0.05, 0.1) is 12.6 Å². The van der Waals surface area contributed by atoms with Crippen LogP contribution in [0.3, 0.4) is 0 Å². The van der Waals surface area contributed by atoms with Crippen LogP contribution in [0.1, 0.15) is 33.6 Å². The van der Waals surface area contributed by atoms with E-state index in [4.69, 9.17) is 9.84 Å². The highest BCUT2D eigenvalue weighted by atomic mass is 16.5. The highest BCUT2D eigenvalue weighted by Gasteiger charge is 2.21. The Bertz CT molecular complexity index is 269. The van der Waals surface area contributed by atoms with Gasteiger partial charge in [-0.2, -0.15) is 0 Å². The zero-order chi connectivity index (χ0) is 14.1. The predicted molar refractivity (Wildman–Crippen MR) is 68.5 cm³/mol. The van der Waals surface area contributed by atoms with Crippen molar-refractivity contribution in [3.05, 3.63) is 0 Å². The summed E-state index contributed by atoms with van der Waals surface area (Å²) in [6.07, 6.45) is 1.11. The molecule has 0 saturated carbocycles. The third-order valence-electron chi connectivity index (χ3n) is 2.65. The second-order valence-electron chi connectivity index (χ2n) is 4.60. The van der Waals surface area contributed by atoms with Crippen LogP contribution < -0.4 is 10.6 Å². The van der Waals surface area contributed by atoms with Gasteiger partial charge in [0.1, 0.15) is 6.04 Å². The number of nitrogens with one attached hydrogen (secondary N) is 2. The first-order valence-corrected chi connectivity index (χ1v) is 6.21. The molecule has 0 aliphatic rings. The normalized spacial score (nSPS) is 14.1. The Kier molecular flexibility index (Phi) is 8.11. The highest BCUT2D eigenvalue weighted by Crippen LogP contribution is 2.02. The van der Waals surface area contributed by atoms with Gasteiger partial charge in [-0.3, -0.25) is 0 Å². The predicted octanol–water partition coefficient (Wildman–Crippen LogP) is 1.21. The zero-order valence-electron chi connectivity index (χ0n) is 11.5. The number of amides is 2. The van der Waals surface area contributed by atoms with Crippen molar-refractivity contribution in [2.75, 3.05) is 13.7 Å². The summed E-state index contributed by atoms with van der Waals surface area (Å²) in [4.78, 5) is 22.6. The summed E-state index contributed by atoms with van der Waals surface area (Å²) in [7, 11) is 1.56. The maximum absolute atomic E-state index is 11.7. The largest absolute Gasteiger partial charge is 0.480 e. The summed E-state index contributed by atoms with van der Waals surface area (Å²) in [5.74, 6) is -0.801. The monoisotopic (exact) mass is 260 g/mol. The van der Waals surface area contributed by atoms with Gasteiger partial charge in [-0.1, -0.05) is 27.2 Å². The van der Waals surface area contributed by atoms with Crippen molar-refractivity contribution in [1.29, 1.82) is 0 Å². The topological polar surface area (TPSA) is 87.7 Å². The van der Waals surface area contributed by atoms with E-state index in [1.54, 1.807) is 7.11 Å². The lowest BCUT2D eigenvalue weighted by Crippen LogP contribution is -2.51. The van der Waals surface area contributed by atoms with Gasteiger partial charge in [0.2, 0.25) is 0 Å². The Morgan fingerprint density at radius 3 is 2.28 bits per heavy atom. The minimum Gasteiger partial charge on any atom is -0.480 e. The van der Waals surface area contributed by atoms with Gasteiger partial charge in [0, 0.05) is 7.11 Å². The first-order chi connectivity index (χ1) is 8.42. The summed E-state index contributed by atoms with van der Waals surface area (Å²) >= 11 is 0. The molecule has 0 fully saturated rings. The van der Waals surface area contributed by atoms with E-state index in [2.05, 4.69) is 10.6 Å². The Morgan fingerprint density at radius 2 is 1.89 bits per heavy atom. The molecule has 0 rings (SSSR count). The van der Waals surface area contributed by atoms with Crippen molar-refractivity contribution >= 4 is 12.0 Å². The third-order valence-corrected chi connectivity index (χ3v) is 2.65. The summed E-state index contributed by atoms with van der Waals surface area (Å²) in [5, 5.41) is 14.1. The molecule has 18 heavy (non-hydrogen) atoms. The minimum atomic E-state index is -1.01. The third kappa shape index (κ3) is 6.44. The van der Waals surface area contributed by atoms with Crippen LogP contribution in [-0.2, 0) is 9.53 Å². The molecular weight excluding hydrogens is 236 g/mol. The quantitative estimate of drug-likeness (QED) is 0.612. The number of hydrogen-bond acceptors (Lipinski definition) is 3. The van der Waals surface area contributed by atoms with Gasteiger partial charge >= 0.3 is 12.0 Å². The van der Waals surface area contributed by atoms with E-state index in [9.17, 15) is 9.59 Å². The van der Waals surface area contributed by atoms with Crippen molar-refractivity contribution in [3.63, 3.8) is 0 Å². The molecule has 3 N–H and O–H groups in total. The second kappa shape index (κ2) is 8.74. The fourth-order valence-corrected chi connectivity index (χ4v) is 1.49. The van der Waals surface area contributed by atoms with Crippen LogP contribution in [0.25, 0.3) is 0 Å². The number of hydrogen-bond donors (Lipinski definition) is 3. The molecule has 0 saturated heterocycles. The number of carbonyl (C=O) groups excluding carboxylic acids is 1. The minimum absolute atomic E-state index is 0.133. The van der Waals surface area contributed by atoms with E-state index in [0.29, 0.717) is 19.4 Å². The lowest BCUT2D eigenvalue weighted by atomic mass is 10.1. The van der Waals surface area contributed by atoms with E-state index in [-0.39, 0.29) is 12.0 Å². The van der Waals surface area contributed by atoms with Crippen molar-refractivity contribution in [2.24, 2.45) is 5.92 Å². The lowest BCUT2D eigenvalue weighted by Gasteiger charge is -2.23. The number of urea groups is 1. The molecule has 0 aliphatic heterocycles. The molecule has 0 bridgehead atoms. The highest BCUT2D eigenvalue weighted by molar-refractivity contribution is 5.82. The Labute approximate surface area is 108 Å². The fourth-order valence-electron chi connectivity index (χ4n) is 1.49. The number of carbonyl (C=O) groups is 2. The number of rotatable bonds is 8. The van der Waals surface area contributed by atoms with Crippen molar-refractivity contribution < 1.29 is 19.4 Å². The van der Waals surface area contributed by atoms with Crippen LogP contribution in [0.4, 0.5) is 4.79 Å². The average Bonchev–Trinajstić information content (AvgIpc) is 2.27. The molecule has 0 aromatic heterocycles. The molecular formula is C12H24N2O4. The van der Waals surface area contributed by atoms with E-state index in [0.717, 1.165) is 0 Å². The summed E-state index contributed by atoms with van der Waals surface area (Å²) in [5.41, 5.74) is 0. The first kappa shape index (κ1) is 16.7. The molecule has 0 heterocycles. The molecule has 6 nitrogen and oxygen atoms in total. The average molecular weight is 260 g/mol. The van der Waals surface area contributed by atoms with Crippen LogP contribution in [0.2, 0.25) is 0 Å². The van der Waals surface area contributed by atoms with E-state index in [1.165, 1.54) is 0 Å². The Morgan fingerprint density at radius 1 is 1.28 bits per heavy atom. The van der Waals surface area contributed by atoms with Gasteiger partial charge in [-0.15, -0.1) is 0 Å². The van der Waals surface area contributed by atoms with Crippen molar-refractivity contribution in [3.8, 4) is 0 Å². The number of methoxy groups -OCH3 is 1. The number of aliphatic carboxylic acids is 1. The van der Waals surface area contributed by atoms with Gasteiger partial charge < -0.3 is 20.5 Å². The van der Waals surface area contributed by atoms with Gasteiger partial charge in [-0.25, -0.2) is 9.59 Å². The van der Waals surface area contributed by atoms with E-state index in [1.807, 2.05) is 20.8 Å². The van der Waals surface area contributed by atoms with Gasteiger partial charge in [0.15, 0.2) is 0 Å². The lowest BCUT2D eigenvalue weighted by molar-refractivity contribution is -0.139. The van der Waals surface area contributed by atoms with E-state index >= 15 is 0 Å². The smallest absolute Gasteiger partial charge is 0.326 e. The number of ether oxygens (including phenoxy) is 1. The van der Waals surface area contributed by atoms with Crippen LogP contribution in [0.15, 0.2) is 0 Å². The molecule has 2 amide bonds. The molecule has 0 aromatic rings. The molecule has 2 atom stereocenters. The summed E-state index contributed by atoms with van der Waals surface area (Å²) in [6.45, 7) is 6.20.